The molecule has 0 radical (unpaired) electrons. The fraction of sp³-hybridized carbons (Fsp3) is 0.714. The van der Waals surface area contributed by atoms with Gasteiger partial charge in [0.2, 0.25) is 0 Å². The predicted octanol–water partition coefficient (Wildman–Crippen LogP) is 2.30. The first-order valence-corrected chi connectivity index (χ1v) is 3.84. The Kier molecular flexibility index (Phi) is 3.44. The summed E-state index contributed by atoms with van der Waals surface area (Å²) in [6.45, 7) is 6.19. The van der Waals surface area contributed by atoms with E-state index in [9.17, 15) is 0 Å². The van der Waals surface area contributed by atoms with Crippen LogP contribution in [0, 0.1) is 5.41 Å². The molecule has 0 aromatic rings. The van der Waals surface area contributed by atoms with Gasteiger partial charge in [-0.05, 0) is 11.9 Å². The maximum absolute atomic E-state index is 8.83. The number of aliphatic hydroxyl groups is 1. The lowest BCUT2D eigenvalue weighted by Gasteiger charge is -2.21. The summed E-state index contributed by atoms with van der Waals surface area (Å²) < 4.78 is 0. The van der Waals surface area contributed by atoms with E-state index in [1.165, 1.54) is 0 Å². The van der Waals surface area contributed by atoms with Crippen molar-refractivity contribution in [2.75, 3.05) is 6.61 Å². The van der Waals surface area contributed by atoms with Crippen LogP contribution in [0.4, 0.5) is 0 Å². The molecule has 0 aliphatic rings. The lowest BCUT2D eigenvalue weighted by atomic mass is 9.87. The molecule has 1 N–H and O–H groups in total. The van der Waals surface area contributed by atoms with Crippen molar-refractivity contribution in [1.29, 1.82) is 0 Å². The summed E-state index contributed by atoms with van der Waals surface area (Å²) in [5, 5.41) is 8.83. The standard InChI is InChI=1S/C7H13BrO/c1-6(4-8)7(2,3)5-9/h4,9H,5H2,1-3H3/b6-4+. The van der Waals surface area contributed by atoms with Gasteiger partial charge in [-0.1, -0.05) is 35.4 Å². The Morgan fingerprint density at radius 2 is 2.11 bits per heavy atom. The summed E-state index contributed by atoms with van der Waals surface area (Å²) >= 11 is 3.22. The zero-order valence-electron chi connectivity index (χ0n) is 6.11. The molecule has 1 nitrogen and oxygen atoms in total. The van der Waals surface area contributed by atoms with E-state index in [1.807, 2.05) is 25.8 Å². The molecule has 0 heterocycles. The SMILES string of the molecule is C/C(=C\Br)C(C)(C)CO. The van der Waals surface area contributed by atoms with Gasteiger partial charge in [0.15, 0.2) is 0 Å². The van der Waals surface area contributed by atoms with Gasteiger partial charge in [-0.3, -0.25) is 0 Å². The highest BCUT2D eigenvalue weighted by atomic mass is 79.9. The Bertz CT molecular complexity index is 116. The molecule has 0 fully saturated rings. The third-order valence-corrected chi connectivity index (χ3v) is 2.31. The normalized spacial score (nSPS) is 14.1. The minimum absolute atomic E-state index is 0.0799. The summed E-state index contributed by atoms with van der Waals surface area (Å²) in [6.07, 6.45) is 0. The van der Waals surface area contributed by atoms with Crippen molar-refractivity contribution in [3.63, 3.8) is 0 Å². The molecule has 0 aromatic carbocycles. The van der Waals surface area contributed by atoms with Gasteiger partial charge in [-0.2, -0.15) is 0 Å². The topological polar surface area (TPSA) is 20.2 Å². The van der Waals surface area contributed by atoms with Gasteiger partial charge >= 0.3 is 0 Å². The molecule has 0 amide bonds. The fourth-order valence-corrected chi connectivity index (χ4v) is 0.892. The molecule has 0 bridgehead atoms. The van der Waals surface area contributed by atoms with Crippen LogP contribution in [0.2, 0.25) is 0 Å². The van der Waals surface area contributed by atoms with E-state index in [4.69, 9.17) is 5.11 Å². The largest absolute Gasteiger partial charge is 0.395 e. The second kappa shape index (κ2) is 3.37. The second-order valence-corrected chi connectivity index (χ2v) is 3.29. The Morgan fingerprint density at radius 1 is 1.67 bits per heavy atom. The Hall–Kier alpha value is 0.180. The van der Waals surface area contributed by atoms with E-state index < -0.39 is 0 Å². The molecule has 0 saturated carbocycles. The minimum Gasteiger partial charge on any atom is -0.395 e. The molecule has 0 aliphatic heterocycles. The van der Waals surface area contributed by atoms with Crippen LogP contribution in [0.1, 0.15) is 20.8 Å². The van der Waals surface area contributed by atoms with Gasteiger partial charge in [-0.25, -0.2) is 0 Å². The van der Waals surface area contributed by atoms with Crippen molar-refractivity contribution in [2.45, 2.75) is 20.8 Å². The first-order chi connectivity index (χ1) is 4.04. The molecular formula is C7H13BrO. The Balaban J connectivity index is 4.14. The van der Waals surface area contributed by atoms with Crippen LogP contribution in [0.15, 0.2) is 10.6 Å². The van der Waals surface area contributed by atoms with Crippen molar-refractivity contribution in [1.82, 2.24) is 0 Å². The molecule has 0 atom stereocenters. The maximum Gasteiger partial charge on any atom is 0.0519 e. The molecular weight excluding hydrogens is 180 g/mol. The number of hydrogen-bond acceptors (Lipinski definition) is 1. The summed E-state index contributed by atoms with van der Waals surface area (Å²) in [4.78, 5) is 1.85. The smallest absolute Gasteiger partial charge is 0.0519 e. The third kappa shape index (κ3) is 2.50. The van der Waals surface area contributed by atoms with Crippen molar-refractivity contribution in [3.8, 4) is 0 Å². The van der Waals surface area contributed by atoms with Crippen molar-refractivity contribution in [2.24, 2.45) is 5.41 Å². The van der Waals surface area contributed by atoms with Crippen LogP contribution in [0.3, 0.4) is 0 Å². The third-order valence-electron chi connectivity index (χ3n) is 1.63. The average molecular weight is 193 g/mol. The molecule has 9 heavy (non-hydrogen) atoms. The van der Waals surface area contributed by atoms with Gasteiger partial charge in [-0.15, -0.1) is 0 Å². The molecule has 0 unspecified atom stereocenters. The Labute approximate surface area is 64.9 Å². The van der Waals surface area contributed by atoms with E-state index in [1.54, 1.807) is 0 Å². The summed E-state index contributed by atoms with van der Waals surface area (Å²) in [7, 11) is 0. The molecule has 54 valence electrons. The maximum atomic E-state index is 8.83. The zero-order valence-corrected chi connectivity index (χ0v) is 7.70. The molecule has 0 rings (SSSR count). The van der Waals surface area contributed by atoms with Crippen LogP contribution in [0.5, 0.6) is 0 Å². The van der Waals surface area contributed by atoms with E-state index in [0.29, 0.717) is 0 Å². The highest BCUT2D eigenvalue weighted by Crippen LogP contribution is 2.25. The average Bonchev–Trinajstić information content (AvgIpc) is 1.86. The highest BCUT2D eigenvalue weighted by Gasteiger charge is 2.17. The monoisotopic (exact) mass is 192 g/mol. The van der Waals surface area contributed by atoms with E-state index in [2.05, 4.69) is 15.9 Å². The van der Waals surface area contributed by atoms with Gasteiger partial charge < -0.3 is 5.11 Å². The molecule has 0 saturated heterocycles. The van der Waals surface area contributed by atoms with Crippen LogP contribution >= 0.6 is 15.9 Å². The summed E-state index contributed by atoms with van der Waals surface area (Å²) in [6, 6.07) is 0. The molecule has 0 spiro atoms. The van der Waals surface area contributed by atoms with Crippen molar-refractivity contribution >= 4 is 15.9 Å². The Morgan fingerprint density at radius 3 is 2.22 bits per heavy atom. The number of rotatable bonds is 2. The fourth-order valence-electron chi connectivity index (χ4n) is 0.272. The first-order valence-electron chi connectivity index (χ1n) is 2.93. The highest BCUT2D eigenvalue weighted by molar-refractivity contribution is 9.11. The minimum atomic E-state index is -0.0799. The van der Waals surface area contributed by atoms with Crippen molar-refractivity contribution in [3.05, 3.63) is 10.6 Å². The number of hydrogen-bond donors (Lipinski definition) is 1. The zero-order chi connectivity index (χ0) is 7.49. The first kappa shape index (κ1) is 9.18. The van der Waals surface area contributed by atoms with E-state index >= 15 is 0 Å². The van der Waals surface area contributed by atoms with Gasteiger partial charge in [0.25, 0.3) is 0 Å². The van der Waals surface area contributed by atoms with E-state index in [-0.39, 0.29) is 12.0 Å². The number of aliphatic hydroxyl groups excluding tert-OH is 1. The summed E-state index contributed by atoms with van der Waals surface area (Å²) in [5.41, 5.74) is 1.08. The van der Waals surface area contributed by atoms with Crippen molar-refractivity contribution < 1.29 is 5.11 Å². The van der Waals surface area contributed by atoms with Gasteiger partial charge in [0.1, 0.15) is 0 Å². The lowest BCUT2D eigenvalue weighted by molar-refractivity contribution is 0.190. The van der Waals surface area contributed by atoms with Crippen LogP contribution in [-0.2, 0) is 0 Å². The molecule has 2 heteroatoms. The van der Waals surface area contributed by atoms with Crippen LogP contribution in [0.25, 0.3) is 0 Å². The lowest BCUT2D eigenvalue weighted by Crippen LogP contribution is -2.17. The van der Waals surface area contributed by atoms with E-state index in [0.717, 1.165) is 5.57 Å². The second-order valence-electron chi connectivity index (χ2n) is 2.83. The summed E-state index contributed by atoms with van der Waals surface area (Å²) in [5.74, 6) is 0. The molecule has 0 aromatic heterocycles. The van der Waals surface area contributed by atoms with Gasteiger partial charge in [0, 0.05) is 5.41 Å². The van der Waals surface area contributed by atoms with Gasteiger partial charge in [0.05, 0.1) is 6.61 Å². The quantitative estimate of drug-likeness (QED) is 0.713. The predicted molar refractivity (Wildman–Crippen MR) is 43.6 cm³/mol. The molecule has 0 aliphatic carbocycles. The number of halogens is 1. The van der Waals surface area contributed by atoms with Crippen LogP contribution in [-0.4, -0.2) is 11.7 Å². The van der Waals surface area contributed by atoms with Crippen LogP contribution < -0.4 is 0 Å².